The molecule has 1 aliphatic rings. The zero-order chi connectivity index (χ0) is 14.0. The minimum absolute atomic E-state index is 0.0471. The number of nitrogens with zero attached hydrogens (tertiary/aromatic N) is 1. The van der Waals surface area contributed by atoms with Crippen molar-refractivity contribution in [3.05, 3.63) is 35.4 Å². The highest BCUT2D eigenvalue weighted by Crippen LogP contribution is 2.32. The molecule has 1 heterocycles. The van der Waals surface area contributed by atoms with Crippen LogP contribution in [0.2, 0.25) is 0 Å². The van der Waals surface area contributed by atoms with Crippen molar-refractivity contribution >= 4 is 23.6 Å². The topological polar surface area (TPSA) is 57.6 Å². The lowest BCUT2D eigenvalue weighted by Crippen LogP contribution is -2.45. The summed E-state index contributed by atoms with van der Waals surface area (Å²) in [5, 5.41) is 9.19. The first kappa shape index (κ1) is 13.9. The van der Waals surface area contributed by atoms with E-state index in [1.54, 1.807) is 12.1 Å². The molecule has 4 nitrogen and oxygen atoms in total. The molecule has 2 unspecified atom stereocenters. The molecule has 1 saturated heterocycles. The van der Waals surface area contributed by atoms with Crippen LogP contribution in [0, 0.1) is 6.92 Å². The van der Waals surface area contributed by atoms with Gasteiger partial charge in [-0.05, 0) is 25.5 Å². The molecule has 5 heteroatoms. The van der Waals surface area contributed by atoms with E-state index in [2.05, 4.69) is 0 Å². The highest BCUT2D eigenvalue weighted by Gasteiger charge is 2.40. The number of hydrogen-bond donors (Lipinski definition) is 1. The lowest BCUT2D eigenvalue weighted by molar-refractivity contribution is -0.141. The number of benzene rings is 1. The number of carbonyl (C=O) groups is 2. The van der Waals surface area contributed by atoms with E-state index in [1.165, 1.54) is 16.7 Å². The van der Waals surface area contributed by atoms with Crippen LogP contribution in [0.5, 0.6) is 0 Å². The first-order valence-electron chi connectivity index (χ1n) is 6.28. The van der Waals surface area contributed by atoms with E-state index in [-0.39, 0.29) is 11.3 Å². The summed E-state index contributed by atoms with van der Waals surface area (Å²) in [6, 6.07) is 6.56. The highest BCUT2D eigenvalue weighted by atomic mass is 32.2. The molecule has 19 heavy (non-hydrogen) atoms. The lowest BCUT2D eigenvalue weighted by Gasteiger charge is -2.26. The fourth-order valence-corrected chi connectivity index (χ4v) is 3.61. The normalized spacial score (nSPS) is 22.5. The third kappa shape index (κ3) is 2.76. The molecule has 0 aromatic heterocycles. The quantitative estimate of drug-likeness (QED) is 0.923. The summed E-state index contributed by atoms with van der Waals surface area (Å²) in [4.78, 5) is 25.3. The van der Waals surface area contributed by atoms with Gasteiger partial charge in [0.1, 0.15) is 6.04 Å². The molecule has 0 spiro atoms. The Hall–Kier alpha value is -1.49. The van der Waals surface area contributed by atoms with Crippen LogP contribution in [-0.4, -0.2) is 39.1 Å². The molecule has 1 aromatic carbocycles. The molecule has 1 aromatic rings. The maximum absolute atomic E-state index is 12.5. The van der Waals surface area contributed by atoms with Crippen LogP contribution < -0.4 is 0 Å². The maximum atomic E-state index is 12.5. The maximum Gasteiger partial charge on any atom is 0.327 e. The van der Waals surface area contributed by atoms with E-state index in [4.69, 9.17) is 0 Å². The first-order valence-corrected chi connectivity index (χ1v) is 7.33. The van der Waals surface area contributed by atoms with Crippen LogP contribution in [0.15, 0.2) is 24.3 Å². The second-order valence-corrected chi connectivity index (χ2v) is 5.84. The van der Waals surface area contributed by atoms with E-state index < -0.39 is 12.0 Å². The van der Waals surface area contributed by atoms with Crippen molar-refractivity contribution in [2.24, 2.45) is 0 Å². The van der Waals surface area contributed by atoms with Crippen molar-refractivity contribution in [1.29, 1.82) is 0 Å². The van der Waals surface area contributed by atoms with Crippen molar-refractivity contribution in [2.45, 2.75) is 31.7 Å². The summed E-state index contributed by atoms with van der Waals surface area (Å²) >= 11 is 1.54. The minimum Gasteiger partial charge on any atom is -0.480 e. The lowest BCUT2D eigenvalue weighted by atomic mass is 10.1. The summed E-state index contributed by atoms with van der Waals surface area (Å²) in [5.41, 5.74) is 1.56. The number of carboxylic acid groups (broad SMARTS) is 1. The predicted molar refractivity (Wildman–Crippen MR) is 75.3 cm³/mol. The van der Waals surface area contributed by atoms with E-state index in [9.17, 15) is 14.7 Å². The molecule has 1 amide bonds. The molecule has 1 fully saturated rings. The van der Waals surface area contributed by atoms with Gasteiger partial charge in [0.2, 0.25) is 0 Å². The van der Waals surface area contributed by atoms with Crippen LogP contribution in [0.1, 0.15) is 29.3 Å². The van der Waals surface area contributed by atoms with Crippen LogP contribution in [-0.2, 0) is 4.79 Å². The summed E-state index contributed by atoms with van der Waals surface area (Å²) in [7, 11) is 0. The van der Waals surface area contributed by atoms with E-state index in [1.807, 2.05) is 26.0 Å². The molecule has 0 aliphatic carbocycles. The number of carboxylic acids is 1. The highest BCUT2D eigenvalue weighted by molar-refractivity contribution is 8.00. The van der Waals surface area contributed by atoms with Crippen molar-refractivity contribution < 1.29 is 14.7 Å². The number of thioether (sulfide) groups is 1. The van der Waals surface area contributed by atoms with Crippen molar-refractivity contribution in [3.63, 3.8) is 0 Å². The fraction of sp³-hybridized carbons (Fsp3) is 0.429. The molecule has 0 bridgehead atoms. The molecule has 0 saturated carbocycles. The second kappa shape index (κ2) is 5.65. The Bertz CT molecular complexity index is 503. The predicted octanol–water partition coefficient (Wildman–Crippen LogP) is 2.37. The summed E-state index contributed by atoms with van der Waals surface area (Å²) in [5.74, 6) is -0.650. The van der Waals surface area contributed by atoms with Gasteiger partial charge in [-0.2, -0.15) is 0 Å². The number of carbonyl (C=O) groups excluding carboxylic acids is 1. The van der Waals surface area contributed by atoms with Gasteiger partial charge in [0.25, 0.3) is 5.91 Å². The van der Waals surface area contributed by atoms with E-state index in [0.717, 1.165) is 12.0 Å². The number of amides is 1. The summed E-state index contributed by atoms with van der Waals surface area (Å²) in [6.45, 7) is 3.89. The molecule has 1 aliphatic heterocycles. The third-order valence-corrected chi connectivity index (χ3v) is 4.68. The summed E-state index contributed by atoms with van der Waals surface area (Å²) < 4.78 is 0. The van der Waals surface area contributed by atoms with Gasteiger partial charge in [-0.25, -0.2) is 4.79 Å². The molecule has 2 rings (SSSR count). The van der Waals surface area contributed by atoms with Gasteiger partial charge in [0.05, 0.1) is 5.37 Å². The third-order valence-electron chi connectivity index (χ3n) is 3.23. The zero-order valence-corrected chi connectivity index (χ0v) is 11.8. The standard InChI is InChI=1S/C14H17NO3S/c1-3-12-15(11(8-19-12)14(17)18)13(16)10-6-4-5-9(2)7-10/h4-7,11-12H,3,8H2,1-2H3,(H,17,18). The van der Waals surface area contributed by atoms with Gasteiger partial charge in [0.15, 0.2) is 0 Å². The van der Waals surface area contributed by atoms with Gasteiger partial charge in [-0.15, -0.1) is 11.8 Å². The number of aryl methyl sites for hydroxylation is 1. The monoisotopic (exact) mass is 279 g/mol. The molecule has 1 N–H and O–H groups in total. The SMILES string of the molecule is CCC1SCC(C(=O)O)N1C(=O)c1cccc(C)c1. The second-order valence-electron chi connectivity index (χ2n) is 4.63. The van der Waals surface area contributed by atoms with Crippen LogP contribution in [0.4, 0.5) is 0 Å². The Morgan fingerprint density at radius 2 is 2.21 bits per heavy atom. The van der Waals surface area contributed by atoms with E-state index in [0.29, 0.717) is 11.3 Å². The van der Waals surface area contributed by atoms with Crippen LogP contribution >= 0.6 is 11.8 Å². The summed E-state index contributed by atoms with van der Waals surface area (Å²) in [6.07, 6.45) is 0.756. The zero-order valence-electron chi connectivity index (χ0n) is 11.0. The Balaban J connectivity index is 2.31. The van der Waals surface area contributed by atoms with Crippen LogP contribution in [0.25, 0.3) is 0 Å². The van der Waals surface area contributed by atoms with Gasteiger partial charge >= 0.3 is 5.97 Å². The number of aliphatic carboxylic acids is 1. The van der Waals surface area contributed by atoms with Crippen molar-refractivity contribution in [3.8, 4) is 0 Å². The fourth-order valence-electron chi connectivity index (χ4n) is 2.27. The molecule has 102 valence electrons. The first-order chi connectivity index (χ1) is 9.04. The largest absolute Gasteiger partial charge is 0.480 e. The van der Waals surface area contributed by atoms with Crippen LogP contribution in [0.3, 0.4) is 0 Å². The Morgan fingerprint density at radius 3 is 2.79 bits per heavy atom. The molecule has 0 radical (unpaired) electrons. The molecule has 2 atom stereocenters. The Labute approximate surface area is 116 Å². The average molecular weight is 279 g/mol. The van der Waals surface area contributed by atoms with Crippen molar-refractivity contribution in [1.82, 2.24) is 4.90 Å². The average Bonchev–Trinajstić information content (AvgIpc) is 2.81. The molecular weight excluding hydrogens is 262 g/mol. The minimum atomic E-state index is -0.926. The van der Waals surface area contributed by atoms with Gasteiger partial charge < -0.3 is 10.0 Å². The van der Waals surface area contributed by atoms with E-state index >= 15 is 0 Å². The Morgan fingerprint density at radius 1 is 1.47 bits per heavy atom. The smallest absolute Gasteiger partial charge is 0.327 e. The van der Waals surface area contributed by atoms with Gasteiger partial charge in [-0.1, -0.05) is 24.6 Å². The van der Waals surface area contributed by atoms with Gasteiger partial charge in [0, 0.05) is 11.3 Å². The number of rotatable bonds is 3. The Kier molecular flexibility index (Phi) is 4.14. The van der Waals surface area contributed by atoms with Gasteiger partial charge in [-0.3, -0.25) is 4.79 Å². The molecular formula is C14H17NO3S. The number of hydrogen-bond acceptors (Lipinski definition) is 3. The van der Waals surface area contributed by atoms with Crippen molar-refractivity contribution in [2.75, 3.05) is 5.75 Å².